The highest BCUT2D eigenvalue weighted by atomic mass is 31.0. The average Bonchev–Trinajstić information content (AvgIpc) is 2.87. The van der Waals surface area contributed by atoms with Gasteiger partial charge in [-0.05, 0) is 44.9 Å². The molecule has 0 spiro atoms. The van der Waals surface area contributed by atoms with Crippen LogP contribution >= 0.6 is 9.47 Å². The number of hydroxylamine groups is 1. The van der Waals surface area contributed by atoms with Crippen LogP contribution in [0.15, 0.2) is 39.7 Å². The number of aromatic nitrogens is 3. The van der Waals surface area contributed by atoms with Crippen LogP contribution in [0.4, 0.5) is 0 Å². The third-order valence-corrected chi connectivity index (χ3v) is 6.14. The van der Waals surface area contributed by atoms with Crippen molar-refractivity contribution in [3.05, 3.63) is 69.0 Å². The van der Waals surface area contributed by atoms with Gasteiger partial charge in [-0.25, -0.2) is 28.1 Å². The Balaban J connectivity index is 2.80. The van der Waals surface area contributed by atoms with Gasteiger partial charge in [0.25, 0.3) is 0 Å². The van der Waals surface area contributed by atoms with Crippen LogP contribution in [0.5, 0.6) is 0 Å². The highest BCUT2D eigenvalue weighted by molar-refractivity contribution is 7.09. The second kappa shape index (κ2) is 21.3. The van der Waals surface area contributed by atoms with Crippen molar-refractivity contribution in [1.29, 1.82) is 0 Å². The first-order valence-corrected chi connectivity index (χ1v) is 13.7. The maximum atomic E-state index is 13.1. The van der Waals surface area contributed by atoms with E-state index in [-0.39, 0.29) is 0 Å². The highest BCUT2D eigenvalue weighted by Gasteiger charge is 2.15. The van der Waals surface area contributed by atoms with Crippen LogP contribution < -0.4 is 17.1 Å². The van der Waals surface area contributed by atoms with E-state index in [1.807, 2.05) is 12.2 Å². The van der Waals surface area contributed by atoms with Crippen LogP contribution in [0.3, 0.4) is 0 Å². The summed E-state index contributed by atoms with van der Waals surface area (Å²) in [7, 11) is 2.81. The van der Waals surface area contributed by atoms with E-state index in [2.05, 4.69) is 37.5 Å². The molecule has 0 aromatic carbocycles. The average molecular weight is 525 g/mol. The Morgan fingerprint density at radius 1 is 0.694 bits per heavy atom. The molecule has 0 atom stereocenters. The van der Waals surface area contributed by atoms with Gasteiger partial charge >= 0.3 is 17.1 Å². The molecule has 0 saturated heterocycles. The lowest BCUT2D eigenvalue weighted by atomic mass is 10.1. The molecule has 9 nitrogen and oxygen atoms in total. The summed E-state index contributed by atoms with van der Waals surface area (Å²) in [5.74, 6) is 0. The second-order valence-corrected chi connectivity index (χ2v) is 9.14. The fourth-order valence-corrected chi connectivity index (χ4v) is 4.05. The normalized spacial score (nSPS) is 11.1. The molecular formula is C26H45N4O5P-2. The minimum Gasteiger partial charge on any atom is -0.661 e. The van der Waals surface area contributed by atoms with Crippen molar-refractivity contribution in [2.24, 2.45) is 0 Å². The number of hydrogen-bond donors (Lipinski definition) is 0. The zero-order chi connectivity index (χ0) is 26.4. The molecule has 0 unspecified atom stereocenters. The standard InChI is InChI=1S/C26H45N4O5P/c1-3-5-7-9-12-16-20-28-24(31)29(21-17-13-10-8-6-4-2)26(33)30(25(28)32)22-18-14-11-15-19-27-34-23-35-36/h3-4,23,34,36H,1-2,5-22H2/q-2. The number of rotatable bonds is 24. The Kier molecular flexibility index (Phi) is 19.1. The molecule has 1 aromatic rings. The van der Waals surface area contributed by atoms with Gasteiger partial charge in [0.1, 0.15) is 0 Å². The molecule has 1 aromatic heterocycles. The minimum absolute atomic E-state index is 0.309. The number of nitrogens with zero attached hydrogens (tertiary/aromatic N) is 4. The van der Waals surface area contributed by atoms with Crippen molar-refractivity contribution in [2.75, 3.05) is 6.54 Å². The fraction of sp³-hybridized carbons (Fsp3) is 0.692. The maximum Gasteiger partial charge on any atom is 0.336 e. The van der Waals surface area contributed by atoms with Crippen LogP contribution in [0.2, 0.25) is 0 Å². The molecule has 0 radical (unpaired) electrons. The predicted octanol–water partition coefficient (Wildman–Crippen LogP) is 5.50. The monoisotopic (exact) mass is 524 g/mol. The van der Waals surface area contributed by atoms with E-state index in [1.165, 1.54) is 20.5 Å². The number of allylic oxidation sites excluding steroid dienone is 2. The molecule has 0 bridgehead atoms. The SMILES string of the molecule is C=CCCCCCCn1c(=O)n(CCCCCCC=C)c(=O)n(CCCCCC[N-][OH+][CH-]O[PH-])c1=O. The molecule has 10 heteroatoms. The third kappa shape index (κ3) is 12.9. The lowest BCUT2D eigenvalue weighted by Gasteiger charge is -2.24. The molecule has 1 rings (SSSR count). The summed E-state index contributed by atoms with van der Waals surface area (Å²) in [6, 6.07) is 0. The molecule has 1 N–H and O–H groups in total. The first-order valence-electron chi connectivity index (χ1n) is 13.2. The highest BCUT2D eigenvalue weighted by Crippen LogP contribution is 2.06. The topological polar surface area (TPSA) is 102 Å². The first kappa shape index (κ1) is 32.2. The zero-order valence-electron chi connectivity index (χ0n) is 21.7. The third-order valence-electron chi connectivity index (χ3n) is 6.04. The van der Waals surface area contributed by atoms with Crippen molar-refractivity contribution in [3.8, 4) is 0 Å². The Morgan fingerprint density at radius 3 is 1.47 bits per heavy atom. The van der Waals surface area contributed by atoms with Gasteiger partial charge in [-0.2, -0.15) is 0 Å². The van der Waals surface area contributed by atoms with Gasteiger partial charge in [0.05, 0.1) is 0 Å². The van der Waals surface area contributed by atoms with Crippen LogP contribution in [0.1, 0.15) is 89.9 Å². The van der Waals surface area contributed by atoms with Gasteiger partial charge in [0, 0.05) is 26.4 Å². The molecule has 0 aliphatic heterocycles. The summed E-state index contributed by atoms with van der Waals surface area (Å²) >= 11 is 0. The summed E-state index contributed by atoms with van der Waals surface area (Å²) in [6.07, 6.45) is 16.5. The second-order valence-electron chi connectivity index (χ2n) is 8.90. The number of hydrogen-bond acceptors (Lipinski definition) is 4. The van der Waals surface area contributed by atoms with E-state index in [9.17, 15) is 14.4 Å². The van der Waals surface area contributed by atoms with Gasteiger partial charge in [-0.1, -0.05) is 63.6 Å². The summed E-state index contributed by atoms with van der Waals surface area (Å²) in [5, 5.41) is 0. The van der Waals surface area contributed by atoms with E-state index in [0.29, 0.717) is 32.6 Å². The fourth-order valence-electron chi connectivity index (χ4n) is 4.00. The molecule has 0 saturated carbocycles. The molecule has 0 aliphatic carbocycles. The minimum atomic E-state index is -0.489. The van der Waals surface area contributed by atoms with Gasteiger partial charge in [0.15, 0.2) is 0 Å². The van der Waals surface area contributed by atoms with Crippen molar-refractivity contribution >= 4 is 9.47 Å². The number of unbranched alkanes of at least 4 members (excludes halogenated alkanes) is 11. The number of aliphatic hydroxyl groups is 1. The van der Waals surface area contributed by atoms with Crippen molar-refractivity contribution in [2.45, 2.75) is 110 Å². The molecule has 0 aliphatic rings. The van der Waals surface area contributed by atoms with Crippen LogP contribution in [0, 0.1) is 6.79 Å². The molecular weight excluding hydrogens is 479 g/mol. The summed E-state index contributed by atoms with van der Waals surface area (Å²) in [5.41, 5.74) is 2.48. The van der Waals surface area contributed by atoms with Crippen LogP contribution in [-0.4, -0.2) is 25.1 Å². The lowest BCUT2D eigenvalue weighted by molar-refractivity contribution is 0.0144. The molecule has 36 heavy (non-hydrogen) atoms. The van der Waals surface area contributed by atoms with Crippen molar-refractivity contribution in [3.63, 3.8) is 0 Å². The van der Waals surface area contributed by atoms with E-state index < -0.39 is 17.1 Å². The van der Waals surface area contributed by atoms with Crippen LogP contribution in [-0.2, 0) is 24.2 Å². The van der Waals surface area contributed by atoms with Crippen LogP contribution in [0.25, 0.3) is 5.48 Å². The Hall–Kier alpha value is -1.80. The summed E-state index contributed by atoms with van der Waals surface area (Å²) in [4.78, 5) is 42.9. The van der Waals surface area contributed by atoms with E-state index in [4.69, 9.17) is 0 Å². The largest absolute Gasteiger partial charge is 0.661 e. The molecule has 1 heterocycles. The Morgan fingerprint density at radius 2 is 1.08 bits per heavy atom. The van der Waals surface area contributed by atoms with Gasteiger partial charge in [-0.15, -0.1) is 13.2 Å². The van der Waals surface area contributed by atoms with Gasteiger partial charge in [-0.3, -0.25) is 0 Å². The summed E-state index contributed by atoms with van der Waals surface area (Å²) in [6.45, 7) is 10.2. The first-order chi connectivity index (χ1) is 17.6. The van der Waals surface area contributed by atoms with E-state index in [0.717, 1.165) is 83.5 Å². The molecule has 206 valence electrons. The molecule has 0 amide bonds. The predicted molar refractivity (Wildman–Crippen MR) is 148 cm³/mol. The van der Waals surface area contributed by atoms with E-state index >= 15 is 0 Å². The van der Waals surface area contributed by atoms with Gasteiger partial charge < -0.3 is 24.3 Å². The lowest BCUT2D eigenvalue weighted by Crippen LogP contribution is -2.54. The maximum absolute atomic E-state index is 13.1. The quantitative estimate of drug-likeness (QED) is 0.0445. The smallest absolute Gasteiger partial charge is 0.336 e. The van der Waals surface area contributed by atoms with Crippen molar-refractivity contribution < 1.29 is 9.36 Å². The van der Waals surface area contributed by atoms with Gasteiger partial charge in [0.2, 0.25) is 0 Å². The molecule has 0 fully saturated rings. The van der Waals surface area contributed by atoms with E-state index in [1.54, 1.807) is 0 Å². The Labute approximate surface area is 217 Å². The van der Waals surface area contributed by atoms with Crippen molar-refractivity contribution in [1.82, 2.24) is 13.7 Å². The Bertz CT molecular complexity index is 851. The zero-order valence-corrected chi connectivity index (χ0v) is 22.7. The summed E-state index contributed by atoms with van der Waals surface area (Å²) < 4.78 is 8.27.